The van der Waals surface area contributed by atoms with Gasteiger partial charge in [0.15, 0.2) is 16.4 Å². The molecule has 0 heterocycles. The third-order valence-corrected chi connectivity index (χ3v) is 6.03. The number of hydrogen-bond acceptors (Lipinski definition) is 5. The van der Waals surface area contributed by atoms with Crippen LogP contribution in [0, 0.1) is 0 Å². The van der Waals surface area contributed by atoms with Gasteiger partial charge in [0.05, 0.1) is 18.6 Å². The van der Waals surface area contributed by atoms with Crippen LogP contribution in [-0.2, 0) is 32.2 Å². The Morgan fingerprint density at radius 2 is 1.52 bits per heavy atom. The predicted octanol–water partition coefficient (Wildman–Crippen LogP) is 3.48. The average Bonchev–Trinajstić information content (AvgIpc) is 2.66. The van der Waals surface area contributed by atoms with Crippen LogP contribution in [0.4, 0.5) is 0 Å². The first-order valence-electron chi connectivity index (χ1n) is 8.61. The molecule has 0 fully saturated rings. The molecule has 0 aliphatic rings. The molecular weight excluding hydrogens is 388 g/mol. The minimum atomic E-state index is -3.10. The molecule has 5 nitrogen and oxygen atoms in total. The Balaban J connectivity index is 1.74. The highest BCUT2D eigenvalue weighted by molar-refractivity contribution is 7.91. The normalized spacial score (nSPS) is 11.2. The van der Waals surface area contributed by atoms with Crippen molar-refractivity contribution in [3.63, 3.8) is 0 Å². The Labute approximate surface area is 165 Å². The van der Waals surface area contributed by atoms with E-state index in [2.05, 4.69) is 4.74 Å². The van der Waals surface area contributed by atoms with E-state index in [1.807, 2.05) is 24.3 Å². The van der Waals surface area contributed by atoms with E-state index in [0.717, 1.165) is 11.1 Å². The van der Waals surface area contributed by atoms with Gasteiger partial charge in [-0.25, -0.2) is 13.2 Å². The first-order valence-corrected chi connectivity index (χ1v) is 10.8. The van der Waals surface area contributed by atoms with E-state index in [1.54, 1.807) is 24.3 Å². The molecule has 0 atom stereocenters. The Kier molecular flexibility index (Phi) is 8.13. The molecule has 0 unspecified atom stereocenters. The summed E-state index contributed by atoms with van der Waals surface area (Å²) in [6.07, 6.45) is 1.72. The van der Waals surface area contributed by atoms with E-state index in [9.17, 15) is 13.2 Å². The average molecular weight is 411 g/mol. The molecule has 2 aromatic carbocycles. The Morgan fingerprint density at radius 3 is 2.15 bits per heavy atom. The summed E-state index contributed by atoms with van der Waals surface area (Å²) in [4.78, 5) is 11.0. The summed E-state index contributed by atoms with van der Waals surface area (Å²) in [6, 6.07) is 14.5. The van der Waals surface area contributed by atoms with Crippen LogP contribution >= 0.6 is 11.6 Å². The first-order chi connectivity index (χ1) is 12.9. The predicted molar refractivity (Wildman–Crippen MR) is 106 cm³/mol. The fourth-order valence-electron chi connectivity index (χ4n) is 2.48. The number of esters is 1. The van der Waals surface area contributed by atoms with Crippen molar-refractivity contribution in [1.82, 2.24) is 0 Å². The van der Waals surface area contributed by atoms with Gasteiger partial charge in [0, 0.05) is 5.02 Å². The fraction of sp³-hybridized carbons (Fsp3) is 0.350. The van der Waals surface area contributed by atoms with Crippen LogP contribution in [0.25, 0.3) is 0 Å². The van der Waals surface area contributed by atoms with Gasteiger partial charge in [-0.3, -0.25) is 0 Å². The summed E-state index contributed by atoms with van der Waals surface area (Å²) in [5.41, 5.74) is 1.99. The van der Waals surface area contributed by atoms with Crippen LogP contribution < -0.4 is 4.74 Å². The van der Waals surface area contributed by atoms with E-state index in [4.69, 9.17) is 16.3 Å². The SMILES string of the molecule is COC(=O)COc1ccc(CCCS(=O)(=O)CCc2ccc(Cl)cc2)cc1. The van der Waals surface area contributed by atoms with Gasteiger partial charge in [-0.2, -0.15) is 0 Å². The molecule has 0 aliphatic carbocycles. The zero-order valence-electron chi connectivity index (χ0n) is 15.2. The van der Waals surface area contributed by atoms with Crippen molar-refractivity contribution in [3.05, 3.63) is 64.7 Å². The standard InChI is InChI=1S/C20H23ClO5S/c1-25-20(22)15-26-19-10-6-16(7-11-19)3-2-13-27(23,24)14-12-17-4-8-18(21)9-5-17/h4-11H,2-3,12-15H2,1H3. The van der Waals surface area contributed by atoms with Gasteiger partial charge in [0.1, 0.15) is 5.75 Å². The highest BCUT2D eigenvalue weighted by Gasteiger charge is 2.11. The Bertz CT molecular complexity index is 830. The molecule has 0 bridgehead atoms. The van der Waals surface area contributed by atoms with Crippen molar-refractivity contribution < 1.29 is 22.7 Å². The molecule has 2 rings (SSSR count). The summed E-state index contributed by atoms with van der Waals surface area (Å²) in [7, 11) is -1.79. The molecule has 0 amide bonds. The summed E-state index contributed by atoms with van der Waals surface area (Å²) < 4.78 is 34.2. The van der Waals surface area contributed by atoms with Gasteiger partial charge in [-0.15, -0.1) is 0 Å². The van der Waals surface area contributed by atoms with Gasteiger partial charge in [0.25, 0.3) is 0 Å². The second-order valence-electron chi connectivity index (χ2n) is 6.14. The zero-order chi connectivity index (χ0) is 19.7. The van der Waals surface area contributed by atoms with Crippen LogP contribution in [0.3, 0.4) is 0 Å². The van der Waals surface area contributed by atoms with E-state index >= 15 is 0 Å². The molecular formula is C20H23ClO5S. The molecule has 0 aromatic heterocycles. The summed E-state index contributed by atoms with van der Waals surface area (Å²) in [5.74, 6) is 0.415. The second-order valence-corrected chi connectivity index (χ2v) is 8.88. The topological polar surface area (TPSA) is 69.7 Å². The number of halogens is 1. The largest absolute Gasteiger partial charge is 0.482 e. The lowest BCUT2D eigenvalue weighted by Crippen LogP contribution is -2.14. The Morgan fingerprint density at radius 1 is 0.926 bits per heavy atom. The van der Waals surface area contributed by atoms with Gasteiger partial charge >= 0.3 is 5.97 Å². The van der Waals surface area contributed by atoms with E-state index < -0.39 is 15.8 Å². The lowest BCUT2D eigenvalue weighted by atomic mass is 10.1. The van der Waals surface area contributed by atoms with Crippen molar-refractivity contribution >= 4 is 27.4 Å². The smallest absolute Gasteiger partial charge is 0.343 e. The number of methoxy groups -OCH3 is 1. The van der Waals surface area contributed by atoms with Crippen molar-refractivity contribution in [2.45, 2.75) is 19.3 Å². The number of rotatable bonds is 10. The molecule has 0 saturated carbocycles. The van der Waals surface area contributed by atoms with Crippen molar-refractivity contribution in [3.8, 4) is 5.75 Å². The maximum atomic E-state index is 12.2. The maximum absolute atomic E-state index is 12.2. The van der Waals surface area contributed by atoms with Crippen molar-refractivity contribution in [2.75, 3.05) is 25.2 Å². The molecule has 2 aromatic rings. The van der Waals surface area contributed by atoms with E-state index in [0.29, 0.717) is 30.0 Å². The fourth-order valence-corrected chi connectivity index (χ4v) is 3.94. The summed E-state index contributed by atoms with van der Waals surface area (Å²) in [5, 5.41) is 0.642. The van der Waals surface area contributed by atoms with Crippen LogP contribution in [-0.4, -0.2) is 39.6 Å². The molecule has 146 valence electrons. The number of hydrogen-bond donors (Lipinski definition) is 0. The minimum absolute atomic E-state index is 0.134. The molecule has 0 saturated heterocycles. The molecule has 0 aliphatic heterocycles. The number of sulfone groups is 1. The van der Waals surface area contributed by atoms with Gasteiger partial charge in [0.2, 0.25) is 0 Å². The first kappa shape index (κ1) is 21.3. The lowest BCUT2D eigenvalue weighted by molar-refractivity contribution is -0.142. The molecule has 0 radical (unpaired) electrons. The number of aryl methyl sites for hydroxylation is 2. The second kappa shape index (κ2) is 10.3. The van der Waals surface area contributed by atoms with E-state index in [-0.39, 0.29) is 18.1 Å². The summed E-state index contributed by atoms with van der Waals surface area (Å²) in [6.45, 7) is -0.137. The molecule has 27 heavy (non-hydrogen) atoms. The monoisotopic (exact) mass is 410 g/mol. The van der Waals surface area contributed by atoms with Crippen LogP contribution in [0.2, 0.25) is 5.02 Å². The highest BCUT2D eigenvalue weighted by Crippen LogP contribution is 2.14. The number of ether oxygens (including phenoxy) is 2. The number of carbonyl (C=O) groups excluding carboxylic acids is 1. The van der Waals surface area contributed by atoms with E-state index in [1.165, 1.54) is 7.11 Å². The number of carbonyl (C=O) groups is 1. The lowest BCUT2D eigenvalue weighted by Gasteiger charge is -2.07. The maximum Gasteiger partial charge on any atom is 0.343 e. The quantitative estimate of drug-likeness (QED) is 0.561. The number of benzene rings is 2. The summed E-state index contributed by atoms with van der Waals surface area (Å²) >= 11 is 5.83. The third kappa shape index (κ3) is 8.01. The Hall–Kier alpha value is -2.05. The van der Waals surface area contributed by atoms with Gasteiger partial charge in [-0.1, -0.05) is 35.9 Å². The third-order valence-electron chi connectivity index (χ3n) is 4.04. The van der Waals surface area contributed by atoms with Crippen LogP contribution in [0.1, 0.15) is 17.5 Å². The zero-order valence-corrected chi connectivity index (χ0v) is 16.8. The van der Waals surface area contributed by atoms with Gasteiger partial charge < -0.3 is 9.47 Å². The van der Waals surface area contributed by atoms with Gasteiger partial charge in [-0.05, 0) is 54.7 Å². The van der Waals surface area contributed by atoms with Crippen molar-refractivity contribution in [2.24, 2.45) is 0 Å². The van der Waals surface area contributed by atoms with Crippen LogP contribution in [0.15, 0.2) is 48.5 Å². The highest BCUT2D eigenvalue weighted by atomic mass is 35.5. The molecule has 0 spiro atoms. The van der Waals surface area contributed by atoms with Crippen molar-refractivity contribution in [1.29, 1.82) is 0 Å². The minimum Gasteiger partial charge on any atom is -0.482 e. The molecule has 7 heteroatoms. The molecule has 0 N–H and O–H groups in total. The van der Waals surface area contributed by atoms with Crippen LogP contribution in [0.5, 0.6) is 5.75 Å².